The van der Waals surface area contributed by atoms with Crippen LogP contribution in [0.3, 0.4) is 0 Å². The molecular formula is C14H17BN2O6. The molecule has 0 unspecified atom stereocenters. The van der Waals surface area contributed by atoms with E-state index in [-0.39, 0.29) is 35.1 Å². The fraction of sp³-hybridized carbons (Fsp3) is 0.357. The Morgan fingerprint density at radius 2 is 2.09 bits per heavy atom. The molecule has 2 N–H and O–H groups in total. The highest BCUT2D eigenvalue weighted by Gasteiger charge is 2.20. The number of aromatic nitrogens is 2. The number of benzene rings is 1. The summed E-state index contributed by atoms with van der Waals surface area (Å²) in [5.41, 5.74) is 0.123. The highest BCUT2D eigenvalue weighted by atomic mass is 16.5. The number of carbonyl (C=O) groups is 1. The zero-order valence-electron chi connectivity index (χ0n) is 13.0. The van der Waals surface area contributed by atoms with E-state index in [1.54, 1.807) is 0 Å². The van der Waals surface area contributed by atoms with Crippen molar-refractivity contribution in [2.45, 2.75) is 26.4 Å². The second-order valence-electron chi connectivity index (χ2n) is 5.12. The molecule has 0 bridgehead atoms. The molecular weight excluding hydrogens is 303 g/mol. The lowest BCUT2D eigenvalue weighted by Crippen LogP contribution is -2.33. The summed E-state index contributed by atoms with van der Waals surface area (Å²) >= 11 is 0. The number of ether oxygens (including phenoxy) is 2. The van der Waals surface area contributed by atoms with Crippen molar-refractivity contribution in [3.63, 3.8) is 0 Å². The molecule has 0 aliphatic heterocycles. The molecule has 0 amide bonds. The molecule has 2 rings (SSSR count). The molecule has 0 spiro atoms. The fourth-order valence-electron chi connectivity index (χ4n) is 1.89. The van der Waals surface area contributed by atoms with Gasteiger partial charge in [0.2, 0.25) is 11.7 Å². The lowest BCUT2D eigenvalue weighted by Gasteiger charge is -2.13. The fourth-order valence-corrected chi connectivity index (χ4v) is 1.89. The number of hydrogen-bond acceptors (Lipinski definition) is 8. The van der Waals surface area contributed by atoms with E-state index < -0.39 is 7.12 Å². The average Bonchev–Trinajstić information content (AvgIpc) is 3.01. The van der Waals surface area contributed by atoms with Crippen LogP contribution < -0.4 is 14.9 Å². The smallest absolute Gasteiger partial charge is 0.489 e. The lowest BCUT2D eigenvalue weighted by molar-refractivity contribution is 0.112. The third kappa shape index (κ3) is 3.88. The SMILES string of the molecule is COc1cc(B(O)O)c(C=O)cc1OCc1noc(C(C)C)n1. The number of nitrogens with zero attached hydrogens (tertiary/aromatic N) is 2. The van der Waals surface area contributed by atoms with E-state index in [2.05, 4.69) is 10.1 Å². The van der Waals surface area contributed by atoms with Crippen molar-refractivity contribution < 1.29 is 28.8 Å². The Bertz CT molecular complexity index is 686. The van der Waals surface area contributed by atoms with Crippen molar-refractivity contribution in [3.8, 4) is 11.5 Å². The van der Waals surface area contributed by atoms with Gasteiger partial charge in [0.1, 0.15) is 6.29 Å². The van der Waals surface area contributed by atoms with E-state index in [9.17, 15) is 14.8 Å². The number of carbonyl (C=O) groups excluding carboxylic acids is 1. The second-order valence-corrected chi connectivity index (χ2v) is 5.12. The van der Waals surface area contributed by atoms with Crippen molar-refractivity contribution in [3.05, 3.63) is 29.4 Å². The minimum Gasteiger partial charge on any atom is -0.493 e. The summed E-state index contributed by atoms with van der Waals surface area (Å²) in [4.78, 5) is 15.3. The van der Waals surface area contributed by atoms with Gasteiger partial charge in [0.15, 0.2) is 18.1 Å². The Hall–Kier alpha value is -2.39. The molecule has 0 fully saturated rings. The maximum absolute atomic E-state index is 11.1. The number of aldehydes is 1. The first kappa shape index (κ1) is 17.0. The predicted molar refractivity (Wildman–Crippen MR) is 80.9 cm³/mol. The molecule has 1 aromatic heterocycles. The molecule has 2 aromatic rings. The zero-order valence-corrected chi connectivity index (χ0v) is 13.0. The highest BCUT2D eigenvalue weighted by molar-refractivity contribution is 6.60. The van der Waals surface area contributed by atoms with Gasteiger partial charge >= 0.3 is 7.12 Å². The summed E-state index contributed by atoms with van der Waals surface area (Å²) in [6.45, 7) is 3.87. The highest BCUT2D eigenvalue weighted by Crippen LogP contribution is 2.27. The van der Waals surface area contributed by atoms with Crippen LogP contribution in [0.15, 0.2) is 16.7 Å². The van der Waals surface area contributed by atoms with Crippen LogP contribution in [0.4, 0.5) is 0 Å². The summed E-state index contributed by atoms with van der Waals surface area (Å²) in [6, 6.07) is 2.70. The molecule has 0 atom stereocenters. The number of rotatable bonds is 7. The summed E-state index contributed by atoms with van der Waals surface area (Å²) in [6.07, 6.45) is 0.506. The Balaban J connectivity index is 2.22. The predicted octanol–water partition coefficient (Wildman–Crippen LogP) is 0.273. The van der Waals surface area contributed by atoms with Crippen molar-refractivity contribution in [1.82, 2.24) is 10.1 Å². The van der Waals surface area contributed by atoms with Gasteiger partial charge in [-0.15, -0.1) is 0 Å². The van der Waals surface area contributed by atoms with E-state index >= 15 is 0 Å². The van der Waals surface area contributed by atoms with Crippen molar-refractivity contribution in [1.29, 1.82) is 0 Å². The summed E-state index contributed by atoms with van der Waals surface area (Å²) < 4.78 is 15.8. The van der Waals surface area contributed by atoms with Crippen LogP contribution in [0.1, 0.15) is 41.8 Å². The van der Waals surface area contributed by atoms with Crippen LogP contribution in [-0.2, 0) is 6.61 Å². The summed E-state index contributed by atoms with van der Waals surface area (Å²) in [5.74, 6) is 1.48. The van der Waals surface area contributed by atoms with Crippen LogP contribution in [0.25, 0.3) is 0 Å². The lowest BCUT2D eigenvalue weighted by atomic mass is 9.77. The normalized spacial score (nSPS) is 10.7. The van der Waals surface area contributed by atoms with Crippen molar-refractivity contribution >= 4 is 18.9 Å². The largest absolute Gasteiger partial charge is 0.493 e. The van der Waals surface area contributed by atoms with E-state index in [0.29, 0.717) is 18.0 Å². The summed E-state index contributed by atoms with van der Waals surface area (Å²) in [7, 11) is -0.384. The molecule has 1 heterocycles. The van der Waals surface area contributed by atoms with Gasteiger partial charge in [-0.2, -0.15) is 4.98 Å². The first-order chi connectivity index (χ1) is 11.0. The van der Waals surface area contributed by atoms with Crippen molar-refractivity contribution in [2.75, 3.05) is 7.11 Å². The first-order valence-electron chi connectivity index (χ1n) is 6.94. The molecule has 0 aliphatic carbocycles. The maximum Gasteiger partial charge on any atom is 0.489 e. The molecule has 0 radical (unpaired) electrons. The monoisotopic (exact) mass is 320 g/mol. The topological polar surface area (TPSA) is 115 Å². The second kappa shape index (κ2) is 7.25. The molecule has 0 saturated carbocycles. The van der Waals surface area contributed by atoms with Gasteiger partial charge in [-0.3, -0.25) is 4.79 Å². The van der Waals surface area contributed by atoms with Gasteiger partial charge in [0.25, 0.3) is 0 Å². The minimum atomic E-state index is -1.79. The van der Waals surface area contributed by atoms with Gasteiger partial charge in [-0.25, -0.2) is 0 Å². The van der Waals surface area contributed by atoms with E-state index in [1.165, 1.54) is 19.2 Å². The Morgan fingerprint density at radius 1 is 1.35 bits per heavy atom. The standard InChI is InChI=1S/C14H17BN2O6/c1-8(2)14-16-13(17-23-14)7-22-12-4-9(6-18)10(15(19)20)5-11(12)21-3/h4-6,8,19-20H,7H2,1-3H3. The van der Waals surface area contributed by atoms with Crippen LogP contribution >= 0.6 is 0 Å². The maximum atomic E-state index is 11.1. The summed E-state index contributed by atoms with van der Waals surface area (Å²) in [5, 5.41) is 22.3. The van der Waals surface area contributed by atoms with Crippen LogP contribution in [-0.4, -0.2) is 40.7 Å². The quantitative estimate of drug-likeness (QED) is 0.552. The van der Waals surface area contributed by atoms with Gasteiger partial charge in [0, 0.05) is 11.5 Å². The zero-order chi connectivity index (χ0) is 17.0. The molecule has 23 heavy (non-hydrogen) atoms. The Morgan fingerprint density at radius 3 is 2.61 bits per heavy atom. The molecule has 8 nitrogen and oxygen atoms in total. The van der Waals surface area contributed by atoms with Gasteiger partial charge < -0.3 is 24.0 Å². The van der Waals surface area contributed by atoms with Gasteiger partial charge in [-0.05, 0) is 17.6 Å². The van der Waals surface area contributed by atoms with E-state index in [0.717, 1.165) is 0 Å². The third-order valence-electron chi connectivity index (χ3n) is 3.11. The molecule has 122 valence electrons. The Labute approximate surface area is 133 Å². The molecule has 1 aromatic carbocycles. The van der Waals surface area contributed by atoms with E-state index in [4.69, 9.17) is 14.0 Å². The third-order valence-corrected chi connectivity index (χ3v) is 3.11. The molecule has 0 saturated heterocycles. The van der Waals surface area contributed by atoms with Crippen LogP contribution in [0, 0.1) is 0 Å². The first-order valence-corrected chi connectivity index (χ1v) is 6.94. The Kier molecular flexibility index (Phi) is 5.35. The average molecular weight is 320 g/mol. The van der Waals surface area contributed by atoms with E-state index in [1.807, 2.05) is 13.8 Å². The number of methoxy groups -OCH3 is 1. The molecule has 9 heteroatoms. The van der Waals surface area contributed by atoms with Gasteiger partial charge in [-0.1, -0.05) is 19.0 Å². The van der Waals surface area contributed by atoms with Crippen LogP contribution in [0.5, 0.6) is 11.5 Å². The van der Waals surface area contributed by atoms with Crippen molar-refractivity contribution in [2.24, 2.45) is 0 Å². The van der Waals surface area contributed by atoms with Gasteiger partial charge in [0.05, 0.1) is 7.11 Å². The number of hydrogen-bond donors (Lipinski definition) is 2. The van der Waals surface area contributed by atoms with Crippen LogP contribution in [0.2, 0.25) is 0 Å². The molecule has 0 aliphatic rings. The minimum absolute atomic E-state index is 0.0197.